The van der Waals surface area contributed by atoms with Gasteiger partial charge in [-0.05, 0) is 42.8 Å². The Balaban J connectivity index is 1.58. The second-order valence-electron chi connectivity index (χ2n) is 7.93. The average molecular weight is 493 g/mol. The molecule has 0 bridgehead atoms. The number of hydrogen-bond donors (Lipinski definition) is 0. The molecular formula is C25H21BrN2O4. The van der Waals surface area contributed by atoms with Gasteiger partial charge in [0.15, 0.2) is 6.10 Å². The molecule has 0 spiro atoms. The number of hydroxylamine groups is 1. The standard InChI is InChI=1S/C25H21BrN2O4/c1-15-9-11-16(12-10-15)22-21-23(32-28(22)19-7-3-5-17(26)13-19)25(30)27(24(21)29)18-6-4-8-20(14-18)31-2/h3-14,21-23H,1-2H3/t21-,22+,23-/m0/s1. The smallest absolute Gasteiger partial charge is 0.266 e. The van der Waals surface area contributed by atoms with Crippen LogP contribution in [0.25, 0.3) is 0 Å². The Morgan fingerprint density at radius 2 is 1.62 bits per heavy atom. The number of halogens is 1. The SMILES string of the molecule is COc1cccc(N2C(=O)[C@@H]3[C@H](ON(c4cccc(Br)c4)[C@@H]3c3ccc(C)cc3)C2=O)c1. The van der Waals surface area contributed by atoms with E-state index in [4.69, 9.17) is 9.57 Å². The van der Waals surface area contributed by atoms with Crippen molar-refractivity contribution in [3.8, 4) is 5.75 Å². The number of carbonyl (C=O) groups is 2. The van der Waals surface area contributed by atoms with Gasteiger partial charge in [-0.3, -0.25) is 14.4 Å². The zero-order valence-electron chi connectivity index (χ0n) is 17.6. The molecule has 0 radical (unpaired) electrons. The van der Waals surface area contributed by atoms with Crippen LogP contribution < -0.4 is 14.7 Å². The van der Waals surface area contributed by atoms with Gasteiger partial charge in [-0.15, -0.1) is 0 Å². The summed E-state index contributed by atoms with van der Waals surface area (Å²) in [7, 11) is 1.55. The lowest BCUT2D eigenvalue weighted by Crippen LogP contribution is -2.37. The Morgan fingerprint density at radius 1 is 0.906 bits per heavy atom. The number of amides is 2. The van der Waals surface area contributed by atoms with Crippen LogP contribution in [0.15, 0.2) is 77.3 Å². The van der Waals surface area contributed by atoms with Crippen LogP contribution in [0.4, 0.5) is 11.4 Å². The topological polar surface area (TPSA) is 59.1 Å². The summed E-state index contributed by atoms with van der Waals surface area (Å²) in [5.41, 5.74) is 3.28. The quantitative estimate of drug-likeness (QED) is 0.488. The minimum absolute atomic E-state index is 0.281. The first kappa shape index (κ1) is 20.7. The Kier molecular flexibility index (Phi) is 5.23. The van der Waals surface area contributed by atoms with Crippen molar-refractivity contribution in [2.45, 2.75) is 19.1 Å². The second kappa shape index (κ2) is 8.07. The van der Waals surface area contributed by atoms with E-state index >= 15 is 0 Å². The Bertz CT molecular complexity index is 1200. The van der Waals surface area contributed by atoms with E-state index in [1.54, 1.807) is 36.4 Å². The molecule has 0 N–H and O–H groups in total. The van der Waals surface area contributed by atoms with E-state index in [0.717, 1.165) is 21.3 Å². The van der Waals surface area contributed by atoms with Crippen molar-refractivity contribution in [2.24, 2.45) is 5.92 Å². The van der Waals surface area contributed by atoms with Crippen LogP contribution in [0.3, 0.4) is 0 Å². The lowest BCUT2D eigenvalue weighted by molar-refractivity contribution is -0.126. The predicted molar refractivity (Wildman–Crippen MR) is 124 cm³/mol. The first-order valence-electron chi connectivity index (χ1n) is 10.3. The Morgan fingerprint density at radius 3 is 2.34 bits per heavy atom. The van der Waals surface area contributed by atoms with Gasteiger partial charge in [-0.1, -0.05) is 57.9 Å². The predicted octanol–water partition coefficient (Wildman–Crippen LogP) is 4.82. The number of ether oxygens (including phenoxy) is 1. The number of nitrogens with zero attached hydrogens (tertiary/aromatic N) is 2. The fourth-order valence-electron chi connectivity index (χ4n) is 4.36. The van der Waals surface area contributed by atoms with Gasteiger partial charge in [0.1, 0.15) is 11.7 Å². The molecule has 0 unspecified atom stereocenters. The van der Waals surface area contributed by atoms with E-state index in [0.29, 0.717) is 11.4 Å². The summed E-state index contributed by atoms with van der Waals surface area (Å²) in [5.74, 6) is -0.749. The van der Waals surface area contributed by atoms with Crippen molar-refractivity contribution < 1.29 is 19.2 Å². The van der Waals surface area contributed by atoms with Gasteiger partial charge in [-0.2, -0.15) is 0 Å². The minimum atomic E-state index is -0.904. The van der Waals surface area contributed by atoms with Crippen molar-refractivity contribution in [3.05, 3.63) is 88.4 Å². The Hall–Kier alpha value is -3.16. The molecule has 2 fully saturated rings. The number of aryl methyl sites for hydroxylation is 1. The molecule has 162 valence electrons. The summed E-state index contributed by atoms with van der Waals surface area (Å²) in [6, 6.07) is 22.1. The highest BCUT2D eigenvalue weighted by Crippen LogP contribution is 2.48. The molecule has 0 aromatic heterocycles. The lowest BCUT2D eigenvalue weighted by Gasteiger charge is -2.29. The van der Waals surface area contributed by atoms with E-state index in [9.17, 15) is 9.59 Å². The van der Waals surface area contributed by atoms with Gasteiger partial charge < -0.3 is 4.74 Å². The van der Waals surface area contributed by atoms with Crippen molar-refractivity contribution in [1.82, 2.24) is 0 Å². The van der Waals surface area contributed by atoms with E-state index in [2.05, 4.69) is 15.9 Å². The molecule has 0 aliphatic carbocycles. The summed E-state index contributed by atoms with van der Waals surface area (Å²) in [6.07, 6.45) is -0.904. The van der Waals surface area contributed by atoms with Gasteiger partial charge in [0.2, 0.25) is 5.91 Å². The number of imide groups is 1. The van der Waals surface area contributed by atoms with Crippen LogP contribution in [-0.4, -0.2) is 25.0 Å². The number of methoxy groups -OCH3 is 1. The van der Waals surface area contributed by atoms with Gasteiger partial charge in [-0.25, -0.2) is 9.96 Å². The van der Waals surface area contributed by atoms with Crippen LogP contribution in [0.2, 0.25) is 0 Å². The van der Waals surface area contributed by atoms with Crippen molar-refractivity contribution >= 4 is 39.1 Å². The molecule has 2 aliphatic rings. The van der Waals surface area contributed by atoms with Gasteiger partial charge in [0.05, 0.1) is 24.5 Å². The van der Waals surface area contributed by atoms with E-state index < -0.39 is 18.1 Å². The van der Waals surface area contributed by atoms with Crippen LogP contribution in [0.5, 0.6) is 5.75 Å². The average Bonchev–Trinajstić information content (AvgIpc) is 3.30. The zero-order valence-corrected chi connectivity index (χ0v) is 19.2. The number of fused-ring (bicyclic) bond motifs is 1. The molecule has 3 atom stereocenters. The highest BCUT2D eigenvalue weighted by Gasteiger charge is 2.60. The monoisotopic (exact) mass is 492 g/mol. The maximum Gasteiger partial charge on any atom is 0.266 e. The zero-order chi connectivity index (χ0) is 22.4. The molecule has 32 heavy (non-hydrogen) atoms. The third-order valence-electron chi connectivity index (χ3n) is 5.91. The van der Waals surface area contributed by atoms with Gasteiger partial charge in [0, 0.05) is 10.5 Å². The van der Waals surface area contributed by atoms with E-state index in [1.165, 1.54) is 4.90 Å². The molecular weight excluding hydrogens is 472 g/mol. The normalized spacial score (nSPS) is 22.4. The molecule has 3 aromatic carbocycles. The Labute approximate surface area is 194 Å². The molecule has 2 aliphatic heterocycles. The third kappa shape index (κ3) is 3.38. The summed E-state index contributed by atoms with van der Waals surface area (Å²) < 4.78 is 6.16. The lowest BCUT2D eigenvalue weighted by atomic mass is 9.90. The number of anilines is 2. The highest BCUT2D eigenvalue weighted by atomic mass is 79.9. The summed E-state index contributed by atoms with van der Waals surface area (Å²) in [5, 5.41) is 1.70. The van der Waals surface area contributed by atoms with Crippen molar-refractivity contribution in [1.29, 1.82) is 0 Å². The number of hydrogen-bond acceptors (Lipinski definition) is 5. The fraction of sp³-hybridized carbons (Fsp3) is 0.200. The molecule has 5 rings (SSSR count). The molecule has 7 heteroatoms. The summed E-state index contributed by atoms with van der Waals surface area (Å²) in [6.45, 7) is 2.01. The van der Waals surface area contributed by atoms with Crippen LogP contribution in [-0.2, 0) is 14.4 Å². The molecule has 3 aromatic rings. The molecule has 2 saturated heterocycles. The van der Waals surface area contributed by atoms with Crippen LogP contribution in [0.1, 0.15) is 17.2 Å². The fourth-order valence-corrected chi connectivity index (χ4v) is 4.75. The molecule has 2 heterocycles. The van der Waals surface area contributed by atoms with Crippen LogP contribution >= 0.6 is 15.9 Å². The molecule has 2 amide bonds. The number of benzene rings is 3. The first-order valence-corrected chi connectivity index (χ1v) is 11.1. The maximum absolute atomic E-state index is 13.6. The van der Waals surface area contributed by atoms with Crippen molar-refractivity contribution in [3.63, 3.8) is 0 Å². The number of carbonyl (C=O) groups excluding carboxylic acids is 2. The van der Waals surface area contributed by atoms with Gasteiger partial charge in [0.25, 0.3) is 5.91 Å². The molecule has 6 nitrogen and oxygen atoms in total. The second-order valence-corrected chi connectivity index (χ2v) is 8.84. The third-order valence-corrected chi connectivity index (χ3v) is 6.40. The van der Waals surface area contributed by atoms with E-state index in [1.807, 2.05) is 55.5 Å². The minimum Gasteiger partial charge on any atom is -0.497 e. The van der Waals surface area contributed by atoms with E-state index in [-0.39, 0.29) is 11.8 Å². The number of rotatable bonds is 4. The largest absolute Gasteiger partial charge is 0.497 e. The van der Waals surface area contributed by atoms with Crippen molar-refractivity contribution in [2.75, 3.05) is 17.1 Å². The summed E-state index contributed by atoms with van der Waals surface area (Å²) >= 11 is 3.50. The maximum atomic E-state index is 13.6. The summed E-state index contributed by atoms with van der Waals surface area (Å²) in [4.78, 5) is 34.4. The highest BCUT2D eigenvalue weighted by molar-refractivity contribution is 9.10. The van der Waals surface area contributed by atoms with Crippen LogP contribution in [0, 0.1) is 12.8 Å². The van der Waals surface area contributed by atoms with Gasteiger partial charge >= 0.3 is 0 Å². The first-order chi connectivity index (χ1) is 15.5. The molecule has 0 saturated carbocycles.